The van der Waals surface area contributed by atoms with E-state index in [0.29, 0.717) is 19.8 Å². The molecule has 0 unspecified atom stereocenters. The molecule has 0 aliphatic rings. The van der Waals surface area contributed by atoms with Gasteiger partial charge in [-0.2, -0.15) is 8.78 Å². The summed E-state index contributed by atoms with van der Waals surface area (Å²) >= 11 is -0.686. The summed E-state index contributed by atoms with van der Waals surface area (Å²) in [6.45, 7) is 1.01. The molecule has 0 aliphatic heterocycles. The van der Waals surface area contributed by atoms with Crippen molar-refractivity contribution in [3.63, 3.8) is 0 Å². The molecule has 0 saturated carbocycles. The molecule has 0 heterocycles. The molecule has 0 rings (SSSR count). The van der Waals surface area contributed by atoms with Crippen molar-refractivity contribution in [3.05, 3.63) is 0 Å². The van der Waals surface area contributed by atoms with Crippen LogP contribution in [0.2, 0.25) is 0 Å². The molecule has 120 valence electrons. The molecule has 0 aromatic rings. The van der Waals surface area contributed by atoms with Gasteiger partial charge in [-0.1, -0.05) is 5.04 Å². The topological polar surface area (TPSA) is 92.7 Å². The molecule has 8 nitrogen and oxygen atoms in total. The van der Waals surface area contributed by atoms with Crippen molar-refractivity contribution >= 4 is 18.0 Å². The molecule has 0 aromatic heterocycles. The van der Waals surface area contributed by atoms with Crippen molar-refractivity contribution in [3.8, 4) is 0 Å². The Morgan fingerprint density at radius 1 is 1.10 bits per heavy atom. The normalized spacial score (nSPS) is 11.6. The van der Waals surface area contributed by atoms with Crippen LogP contribution in [0.5, 0.6) is 0 Å². The number of hydrogen-bond acceptors (Lipinski definition) is 9. The summed E-state index contributed by atoms with van der Waals surface area (Å²) in [7, 11) is 1.54. The average molecular weight is 322 g/mol. The SMILES string of the molecule is COCCOCCOCCOC(=O)C(F)(F)SOOO. The Morgan fingerprint density at radius 2 is 1.65 bits per heavy atom. The maximum absolute atomic E-state index is 12.9. The van der Waals surface area contributed by atoms with Gasteiger partial charge in [0, 0.05) is 7.11 Å². The zero-order chi connectivity index (χ0) is 15.3. The lowest BCUT2D eigenvalue weighted by Crippen LogP contribution is -2.28. The number of carbonyl (C=O) groups is 1. The van der Waals surface area contributed by atoms with Gasteiger partial charge < -0.3 is 18.9 Å². The van der Waals surface area contributed by atoms with Crippen molar-refractivity contribution in [2.24, 2.45) is 0 Å². The van der Waals surface area contributed by atoms with Crippen LogP contribution in [-0.4, -0.2) is 63.2 Å². The van der Waals surface area contributed by atoms with Crippen LogP contribution in [-0.2, 0) is 33.1 Å². The number of methoxy groups -OCH3 is 1. The van der Waals surface area contributed by atoms with Crippen LogP contribution < -0.4 is 0 Å². The largest absolute Gasteiger partial charge is 0.458 e. The zero-order valence-corrected chi connectivity index (χ0v) is 11.5. The van der Waals surface area contributed by atoms with Gasteiger partial charge in [0.25, 0.3) is 0 Å². The van der Waals surface area contributed by atoms with E-state index in [4.69, 9.17) is 19.5 Å². The Hall–Kier alpha value is -0.560. The maximum atomic E-state index is 12.9. The van der Waals surface area contributed by atoms with Crippen molar-refractivity contribution in [2.45, 2.75) is 5.25 Å². The van der Waals surface area contributed by atoms with E-state index in [0.717, 1.165) is 0 Å². The molecule has 20 heavy (non-hydrogen) atoms. The highest BCUT2D eigenvalue weighted by molar-refractivity contribution is 7.96. The van der Waals surface area contributed by atoms with Crippen LogP contribution in [0, 0.1) is 0 Å². The van der Waals surface area contributed by atoms with Gasteiger partial charge in [-0.05, 0) is 0 Å². The predicted molar refractivity (Wildman–Crippen MR) is 61.8 cm³/mol. The van der Waals surface area contributed by atoms with Crippen molar-refractivity contribution in [2.75, 3.05) is 46.8 Å². The molecule has 0 aliphatic carbocycles. The van der Waals surface area contributed by atoms with Crippen LogP contribution in [0.25, 0.3) is 0 Å². The number of halogens is 2. The molecule has 0 aromatic carbocycles. The Balaban J connectivity index is 3.47. The zero-order valence-electron chi connectivity index (χ0n) is 10.7. The third kappa shape index (κ3) is 10.3. The van der Waals surface area contributed by atoms with Crippen LogP contribution in [0.15, 0.2) is 0 Å². The molecule has 0 saturated heterocycles. The van der Waals surface area contributed by atoms with Gasteiger partial charge in [0.15, 0.2) is 0 Å². The summed E-state index contributed by atoms with van der Waals surface area (Å²) in [5, 5.41) is 6.65. The second-order valence-electron chi connectivity index (χ2n) is 3.10. The molecule has 0 bridgehead atoms. The van der Waals surface area contributed by atoms with Gasteiger partial charge in [-0.25, -0.2) is 10.1 Å². The smallest absolute Gasteiger partial charge is 0.415 e. The van der Waals surface area contributed by atoms with Crippen molar-refractivity contribution in [1.29, 1.82) is 0 Å². The quantitative estimate of drug-likeness (QED) is 0.174. The van der Waals surface area contributed by atoms with E-state index in [1.165, 1.54) is 0 Å². The molecular weight excluding hydrogens is 306 g/mol. The number of rotatable bonds is 13. The van der Waals surface area contributed by atoms with E-state index >= 15 is 0 Å². The first-order valence-corrected chi connectivity index (χ1v) is 6.14. The molecule has 1 N–H and O–H groups in total. The molecule has 0 amide bonds. The van der Waals surface area contributed by atoms with Gasteiger partial charge in [-0.15, -0.1) is 4.33 Å². The first kappa shape index (κ1) is 19.4. The Kier molecular flexibility index (Phi) is 11.9. The predicted octanol–water partition coefficient (Wildman–Crippen LogP) is 0.871. The van der Waals surface area contributed by atoms with Crippen LogP contribution >= 0.6 is 12.0 Å². The maximum Gasteiger partial charge on any atom is 0.415 e. The molecule has 0 atom stereocenters. The first-order chi connectivity index (χ1) is 9.54. The van der Waals surface area contributed by atoms with Gasteiger partial charge >= 0.3 is 11.2 Å². The van der Waals surface area contributed by atoms with E-state index in [1.807, 2.05) is 0 Å². The van der Waals surface area contributed by atoms with Gasteiger partial charge in [0.1, 0.15) is 18.6 Å². The molecule has 0 spiro atoms. The molecule has 0 fully saturated rings. The second kappa shape index (κ2) is 12.2. The summed E-state index contributed by atoms with van der Waals surface area (Å²) in [6.07, 6.45) is 0. The lowest BCUT2D eigenvalue weighted by Gasteiger charge is -2.12. The monoisotopic (exact) mass is 322 g/mol. The van der Waals surface area contributed by atoms with E-state index in [-0.39, 0.29) is 19.8 Å². The highest BCUT2D eigenvalue weighted by Crippen LogP contribution is 2.31. The Labute approximate surface area is 118 Å². The number of ether oxygens (including phenoxy) is 4. The fraction of sp³-hybridized carbons (Fsp3) is 0.889. The van der Waals surface area contributed by atoms with Crippen molar-refractivity contribution < 1.29 is 47.2 Å². The highest BCUT2D eigenvalue weighted by atomic mass is 32.2. The van der Waals surface area contributed by atoms with Crippen LogP contribution in [0.4, 0.5) is 8.78 Å². The van der Waals surface area contributed by atoms with E-state index in [2.05, 4.69) is 14.1 Å². The minimum atomic E-state index is -3.99. The lowest BCUT2D eigenvalue weighted by molar-refractivity contribution is -0.433. The Morgan fingerprint density at radius 3 is 2.20 bits per heavy atom. The molecule has 11 heteroatoms. The van der Waals surface area contributed by atoms with E-state index < -0.39 is 23.3 Å². The summed E-state index contributed by atoms with van der Waals surface area (Å²) in [4.78, 5) is 10.9. The van der Waals surface area contributed by atoms with Crippen molar-refractivity contribution in [1.82, 2.24) is 0 Å². The number of alkyl halides is 2. The summed E-state index contributed by atoms with van der Waals surface area (Å²) in [5.41, 5.74) is 0. The van der Waals surface area contributed by atoms with Gasteiger partial charge in [0.2, 0.25) is 0 Å². The Bertz CT molecular complexity index is 256. The van der Waals surface area contributed by atoms with Gasteiger partial charge in [0.05, 0.1) is 33.0 Å². The highest BCUT2D eigenvalue weighted by Gasteiger charge is 2.44. The molecule has 0 radical (unpaired) electrons. The van der Waals surface area contributed by atoms with Gasteiger partial charge in [-0.3, -0.25) is 0 Å². The minimum absolute atomic E-state index is 0.0581. The standard InChI is InChI=1S/C9H16F2O8S/c1-14-2-3-15-4-5-16-6-7-17-8(12)9(10,11)20-19-18-13/h13H,2-7H2,1H3. The fourth-order valence-corrected chi connectivity index (χ4v) is 1.08. The summed E-state index contributed by atoms with van der Waals surface area (Å²) in [6, 6.07) is 0. The number of carbonyl (C=O) groups excluding carboxylic acids is 1. The third-order valence-corrected chi connectivity index (χ3v) is 2.18. The van der Waals surface area contributed by atoms with E-state index in [9.17, 15) is 13.6 Å². The number of esters is 1. The fourth-order valence-electron chi connectivity index (χ4n) is 0.834. The molecular formula is C9H16F2O8S. The average Bonchev–Trinajstić information content (AvgIpc) is 2.43. The van der Waals surface area contributed by atoms with E-state index in [1.54, 1.807) is 7.11 Å². The summed E-state index contributed by atoms with van der Waals surface area (Å²) < 4.78 is 48.2. The van der Waals surface area contributed by atoms with Crippen LogP contribution in [0.1, 0.15) is 0 Å². The number of hydrogen-bond donors (Lipinski definition) is 1. The second-order valence-corrected chi connectivity index (χ2v) is 3.91. The summed E-state index contributed by atoms with van der Waals surface area (Å²) in [5.74, 6) is -1.83. The third-order valence-electron chi connectivity index (χ3n) is 1.67. The minimum Gasteiger partial charge on any atom is -0.458 e. The first-order valence-electron chi connectivity index (χ1n) is 5.40. The van der Waals surface area contributed by atoms with Crippen LogP contribution in [0.3, 0.4) is 0 Å². The lowest BCUT2D eigenvalue weighted by atomic mass is 10.6.